The quantitative estimate of drug-likeness (QED) is 0.851. The minimum absolute atomic E-state index is 0.528. The lowest BCUT2D eigenvalue weighted by Crippen LogP contribution is -1.93. The molecule has 2 aromatic rings. The summed E-state index contributed by atoms with van der Waals surface area (Å²) in [6.45, 7) is 0.528. The average molecular weight is 270 g/mol. The molecule has 0 bridgehead atoms. The van der Waals surface area contributed by atoms with Gasteiger partial charge in [0.25, 0.3) is 0 Å². The standard InChI is InChI=1S/C10H8BrNOS/c11-9-6-12-10(14-9)7-13-8-4-2-1-3-5-8/h1-6H,7H2. The van der Waals surface area contributed by atoms with Crippen LogP contribution in [0.25, 0.3) is 0 Å². The van der Waals surface area contributed by atoms with Crippen molar-refractivity contribution in [1.29, 1.82) is 0 Å². The molecule has 2 rings (SSSR count). The first kappa shape index (κ1) is 9.68. The van der Waals surface area contributed by atoms with Crippen LogP contribution in [-0.4, -0.2) is 4.98 Å². The Labute approximate surface area is 94.7 Å². The van der Waals surface area contributed by atoms with Crippen molar-refractivity contribution >= 4 is 27.3 Å². The molecule has 0 aliphatic heterocycles. The normalized spacial score (nSPS) is 10.1. The summed E-state index contributed by atoms with van der Waals surface area (Å²) >= 11 is 4.95. The summed E-state index contributed by atoms with van der Waals surface area (Å²) in [5.74, 6) is 0.874. The summed E-state index contributed by atoms with van der Waals surface area (Å²) in [7, 11) is 0. The summed E-state index contributed by atoms with van der Waals surface area (Å²) in [6, 6.07) is 9.73. The van der Waals surface area contributed by atoms with Gasteiger partial charge in [-0.05, 0) is 28.1 Å². The van der Waals surface area contributed by atoms with E-state index >= 15 is 0 Å². The van der Waals surface area contributed by atoms with Gasteiger partial charge in [0, 0.05) is 0 Å². The van der Waals surface area contributed by atoms with Gasteiger partial charge in [0.2, 0.25) is 0 Å². The number of thiazole rings is 1. The summed E-state index contributed by atoms with van der Waals surface area (Å²) in [5, 5.41) is 0.973. The van der Waals surface area contributed by atoms with Gasteiger partial charge in [-0.2, -0.15) is 0 Å². The molecule has 0 fully saturated rings. The molecule has 0 unspecified atom stereocenters. The third-order valence-corrected chi connectivity index (χ3v) is 3.08. The molecule has 0 saturated heterocycles. The molecule has 0 aliphatic rings. The third kappa shape index (κ3) is 2.56. The second-order valence-corrected chi connectivity index (χ2v) is 5.15. The fraction of sp³-hybridized carbons (Fsp3) is 0.100. The highest BCUT2D eigenvalue weighted by molar-refractivity contribution is 9.11. The van der Waals surface area contributed by atoms with E-state index in [2.05, 4.69) is 20.9 Å². The van der Waals surface area contributed by atoms with Crippen molar-refractivity contribution < 1.29 is 4.74 Å². The van der Waals surface area contributed by atoms with Crippen LogP contribution in [0.3, 0.4) is 0 Å². The maximum absolute atomic E-state index is 5.53. The molecule has 0 amide bonds. The van der Waals surface area contributed by atoms with Gasteiger partial charge in [-0.3, -0.25) is 0 Å². The van der Waals surface area contributed by atoms with Crippen LogP contribution in [0.4, 0.5) is 0 Å². The maximum Gasteiger partial charge on any atom is 0.140 e. The smallest absolute Gasteiger partial charge is 0.140 e. The molecule has 0 atom stereocenters. The van der Waals surface area contributed by atoms with E-state index in [1.54, 1.807) is 17.5 Å². The van der Waals surface area contributed by atoms with Crippen LogP contribution in [0.1, 0.15) is 5.01 Å². The number of nitrogens with zero attached hydrogens (tertiary/aromatic N) is 1. The second-order valence-electron chi connectivity index (χ2n) is 2.66. The highest BCUT2D eigenvalue weighted by atomic mass is 79.9. The predicted molar refractivity (Wildman–Crippen MR) is 60.6 cm³/mol. The summed E-state index contributed by atoms with van der Waals surface area (Å²) in [4.78, 5) is 4.18. The number of rotatable bonds is 3. The first-order valence-corrected chi connectivity index (χ1v) is 5.73. The second kappa shape index (κ2) is 4.57. The van der Waals surface area contributed by atoms with E-state index in [1.165, 1.54) is 0 Å². The molecule has 14 heavy (non-hydrogen) atoms. The van der Waals surface area contributed by atoms with Crippen molar-refractivity contribution in [3.05, 3.63) is 45.3 Å². The summed E-state index contributed by atoms with van der Waals surface area (Å²) in [5.41, 5.74) is 0. The van der Waals surface area contributed by atoms with Gasteiger partial charge >= 0.3 is 0 Å². The van der Waals surface area contributed by atoms with E-state index in [0.717, 1.165) is 14.5 Å². The van der Waals surface area contributed by atoms with Crippen LogP contribution in [0, 0.1) is 0 Å². The highest BCUT2D eigenvalue weighted by Crippen LogP contribution is 2.20. The number of halogens is 1. The van der Waals surface area contributed by atoms with Crippen molar-refractivity contribution in [2.75, 3.05) is 0 Å². The van der Waals surface area contributed by atoms with Gasteiger partial charge in [-0.25, -0.2) is 4.98 Å². The van der Waals surface area contributed by atoms with E-state index in [-0.39, 0.29) is 0 Å². The average Bonchev–Trinajstić information content (AvgIpc) is 2.63. The number of para-hydroxylation sites is 1. The Morgan fingerprint density at radius 2 is 2.07 bits per heavy atom. The lowest BCUT2D eigenvalue weighted by Gasteiger charge is -2.02. The first-order valence-electron chi connectivity index (χ1n) is 4.12. The van der Waals surface area contributed by atoms with Gasteiger partial charge < -0.3 is 4.74 Å². The number of benzene rings is 1. The fourth-order valence-corrected chi connectivity index (χ4v) is 2.23. The first-order chi connectivity index (χ1) is 6.84. The van der Waals surface area contributed by atoms with Crippen molar-refractivity contribution in [1.82, 2.24) is 4.98 Å². The third-order valence-electron chi connectivity index (χ3n) is 1.63. The molecular formula is C10H8BrNOS. The van der Waals surface area contributed by atoms with E-state index < -0.39 is 0 Å². The van der Waals surface area contributed by atoms with Gasteiger partial charge in [0.1, 0.15) is 17.4 Å². The van der Waals surface area contributed by atoms with Crippen LogP contribution >= 0.6 is 27.3 Å². The van der Waals surface area contributed by atoms with E-state index in [9.17, 15) is 0 Å². The van der Waals surface area contributed by atoms with E-state index in [0.29, 0.717) is 6.61 Å². The zero-order valence-corrected chi connectivity index (χ0v) is 9.72. The topological polar surface area (TPSA) is 22.1 Å². The Bertz CT molecular complexity index is 402. The summed E-state index contributed by atoms with van der Waals surface area (Å²) < 4.78 is 6.56. The zero-order chi connectivity index (χ0) is 9.80. The number of ether oxygens (including phenoxy) is 1. The molecular weight excluding hydrogens is 262 g/mol. The molecule has 1 aromatic carbocycles. The van der Waals surface area contributed by atoms with Gasteiger partial charge in [0.05, 0.1) is 9.98 Å². The van der Waals surface area contributed by atoms with Gasteiger partial charge in [-0.15, -0.1) is 11.3 Å². The molecule has 0 N–H and O–H groups in total. The van der Waals surface area contributed by atoms with Crippen molar-refractivity contribution in [2.24, 2.45) is 0 Å². The molecule has 0 radical (unpaired) electrons. The van der Waals surface area contributed by atoms with Crippen LogP contribution in [-0.2, 0) is 6.61 Å². The monoisotopic (exact) mass is 269 g/mol. The van der Waals surface area contributed by atoms with Crippen molar-refractivity contribution in [3.63, 3.8) is 0 Å². The Morgan fingerprint density at radius 3 is 2.71 bits per heavy atom. The fourth-order valence-electron chi connectivity index (χ4n) is 1.02. The molecule has 0 spiro atoms. The molecule has 1 heterocycles. The Morgan fingerprint density at radius 1 is 1.29 bits per heavy atom. The van der Waals surface area contributed by atoms with Crippen molar-refractivity contribution in [3.8, 4) is 5.75 Å². The minimum Gasteiger partial charge on any atom is -0.486 e. The van der Waals surface area contributed by atoms with Crippen LogP contribution in [0.5, 0.6) is 5.75 Å². The summed E-state index contributed by atoms with van der Waals surface area (Å²) in [6.07, 6.45) is 1.79. The lowest BCUT2D eigenvalue weighted by molar-refractivity contribution is 0.305. The predicted octanol–water partition coefficient (Wildman–Crippen LogP) is 3.48. The molecule has 0 saturated carbocycles. The molecule has 0 aliphatic carbocycles. The minimum atomic E-state index is 0.528. The Kier molecular flexibility index (Phi) is 3.16. The van der Waals surface area contributed by atoms with E-state index in [4.69, 9.17) is 4.74 Å². The van der Waals surface area contributed by atoms with Gasteiger partial charge in [-0.1, -0.05) is 18.2 Å². The SMILES string of the molecule is Brc1cnc(COc2ccccc2)s1. The Hall–Kier alpha value is -0.870. The number of hydrogen-bond acceptors (Lipinski definition) is 3. The molecule has 72 valence electrons. The molecule has 4 heteroatoms. The lowest BCUT2D eigenvalue weighted by atomic mass is 10.3. The van der Waals surface area contributed by atoms with Gasteiger partial charge in [0.15, 0.2) is 0 Å². The van der Waals surface area contributed by atoms with E-state index in [1.807, 2.05) is 30.3 Å². The zero-order valence-electron chi connectivity index (χ0n) is 7.31. The van der Waals surface area contributed by atoms with Crippen LogP contribution in [0.15, 0.2) is 40.3 Å². The van der Waals surface area contributed by atoms with Crippen LogP contribution in [0.2, 0.25) is 0 Å². The number of aromatic nitrogens is 1. The van der Waals surface area contributed by atoms with Crippen LogP contribution < -0.4 is 4.74 Å². The molecule has 1 aromatic heterocycles. The Balaban J connectivity index is 1.95. The molecule has 2 nitrogen and oxygen atoms in total. The highest BCUT2D eigenvalue weighted by Gasteiger charge is 1.99. The maximum atomic E-state index is 5.53. The largest absolute Gasteiger partial charge is 0.486 e. The van der Waals surface area contributed by atoms with Crippen molar-refractivity contribution in [2.45, 2.75) is 6.61 Å². The number of hydrogen-bond donors (Lipinski definition) is 0.